The number of imidazole rings is 1. The predicted octanol–water partition coefficient (Wildman–Crippen LogP) is 3.49. The second-order valence-corrected chi connectivity index (χ2v) is 6.33. The first-order chi connectivity index (χ1) is 13.1. The molecule has 1 aromatic carbocycles. The molecular weight excluding hydrogens is 503 g/mol. The Bertz CT molecular complexity index is 903. The van der Waals surface area contributed by atoms with Gasteiger partial charge in [0.15, 0.2) is 10.9 Å². The third kappa shape index (κ3) is 5.67. The van der Waals surface area contributed by atoms with Crippen molar-refractivity contribution < 1.29 is 18.3 Å². The highest BCUT2D eigenvalue weighted by Gasteiger charge is 2.12. The minimum Gasteiger partial charge on any atom is -0.497 e. The van der Waals surface area contributed by atoms with E-state index in [4.69, 9.17) is 4.74 Å². The van der Waals surface area contributed by atoms with Crippen LogP contribution in [0, 0.1) is 0 Å². The van der Waals surface area contributed by atoms with Gasteiger partial charge in [0.25, 0.3) is 0 Å². The number of aliphatic imine (C=N–C) groups is 1. The Kier molecular flexibility index (Phi) is 8.23. The molecule has 0 spiro atoms. The number of ether oxygens (including phenoxy) is 2. The molecule has 2 heterocycles. The molecule has 11 heteroatoms. The maximum atomic E-state index is 12.6. The number of nitrogens with zero attached hydrogens (tertiary/aromatic N) is 3. The third-order valence-corrected chi connectivity index (χ3v) is 4.50. The molecule has 0 unspecified atom stereocenters. The lowest BCUT2D eigenvalue weighted by molar-refractivity contribution is -0.0504. The number of aromatic nitrogens is 2. The van der Waals surface area contributed by atoms with Crippen LogP contribution in [-0.4, -0.2) is 36.1 Å². The van der Waals surface area contributed by atoms with E-state index in [1.807, 2.05) is 22.2 Å². The molecule has 2 aromatic heterocycles. The molecule has 0 radical (unpaired) electrons. The summed E-state index contributed by atoms with van der Waals surface area (Å²) in [5.74, 6) is 1.15. The zero-order valence-corrected chi connectivity index (χ0v) is 18.3. The summed E-state index contributed by atoms with van der Waals surface area (Å²) >= 11 is 1.56. The van der Waals surface area contributed by atoms with Gasteiger partial charge in [0, 0.05) is 36.9 Å². The van der Waals surface area contributed by atoms with Gasteiger partial charge in [-0.05, 0) is 18.2 Å². The van der Waals surface area contributed by atoms with Crippen molar-refractivity contribution in [2.24, 2.45) is 4.99 Å². The molecule has 7 nitrogen and oxygen atoms in total. The maximum Gasteiger partial charge on any atom is 0.387 e. The quantitative estimate of drug-likeness (QED) is 0.282. The van der Waals surface area contributed by atoms with E-state index < -0.39 is 6.61 Å². The number of fused-ring (bicyclic) bond motifs is 1. The molecule has 0 fully saturated rings. The standard InChI is InChI=1S/C17H19F2N5O2S.HI/c1-20-16(22-9-12-10-24-5-6-27-17(24)23-12)21-8-11-7-13(25-2)3-4-14(11)26-15(18)19;/h3-7,10,15H,8-9H2,1-2H3,(H2,20,21,22);1H. The van der Waals surface area contributed by atoms with Crippen LogP contribution in [0.25, 0.3) is 4.96 Å². The van der Waals surface area contributed by atoms with Gasteiger partial charge in [-0.3, -0.25) is 9.39 Å². The Hall–Kier alpha value is -2.15. The number of alkyl halides is 2. The average Bonchev–Trinajstić information content (AvgIpc) is 3.24. The fraction of sp³-hybridized carbons (Fsp3) is 0.294. The van der Waals surface area contributed by atoms with Crippen LogP contribution in [0.15, 0.2) is 41.0 Å². The molecule has 0 bridgehead atoms. The minimum atomic E-state index is -2.90. The molecule has 0 saturated heterocycles. The maximum absolute atomic E-state index is 12.6. The van der Waals surface area contributed by atoms with Gasteiger partial charge in [0.2, 0.25) is 0 Å². The lowest BCUT2D eigenvalue weighted by Crippen LogP contribution is -2.36. The number of benzene rings is 1. The fourth-order valence-corrected chi connectivity index (χ4v) is 3.19. The highest BCUT2D eigenvalue weighted by molar-refractivity contribution is 14.0. The summed E-state index contributed by atoms with van der Waals surface area (Å²) in [5, 5.41) is 8.18. The minimum absolute atomic E-state index is 0. The monoisotopic (exact) mass is 523 g/mol. The van der Waals surface area contributed by atoms with Crippen LogP contribution in [0.1, 0.15) is 11.3 Å². The molecule has 0 aliphatic heterocycles. The van der Waals surface area contributed by atoms with Crippen LogP contribution in [0.3, 0.4) is 0 Å². The van der Waals surface area contributed by atoms with Crippen molar-refractivity contribution in [3.05, 3.63) is 47.2 Å². The van der Waals surface area contributed by atoms with E-state index in [-0.39, 0.29) is 36.3 Å². The number of hydrogen-bond acceptors (Lipinski definition) is 5. The molecule has 152 valence electrons. The zero-order valence-electron chi connectivity index (χ0n) is 15.2. The molecule has 0 saturated carbocycles. The molecule has 3 rings (SSSR count). The topological polar surface area (TPSA) is 72.2 Å². The number of halogens is 3. The van der Waals surface area contributed by atoms with Crippen molar-refractivity contribution in [3.8, 4) is 11.5 Å². The molecular formula is C17H20F2IN5O2S. The first-order valence-corrected chi connectivity index (χ1v) is 8.94. The summed E-state index contributed by atoms with van der Waals surface area (Å²) in [6, 6.07) is 4.66. The number of guanidine groups is 1. The third-order valence-electron chi connectivity index (χ3n) is 3.73. The number of nitrogens with one attached hydrogen (secondary N) is 2. The Balaban J connectivity index is 0.00000280. The van der Waals surface area contributed by atoms with E-state index in [1.54, 1.807) is 30.5 Å². The van der Waals surface area contributed by atoms with Crippen LogP contribution in [0.4, 0.5) is 8.78 Å². The molecule has 0 amide bonds. The smallest absolute Gasteiger partial charge is 0.387 e. The van der Waals surface area contributed by atoms with Crippen molar-refractivity contribution >= 4 is 46.2 Å². The van der Waals surface area contributed by atoms with Gasteiger partial charge in [-0.15, -0.1) is 35.3 Å². The molecule has 2 N–H and O–H groups in total. The van der Waals surface area contributed by atoms with Crippen LogP contribution in [0.2, 0.25) is 0 Å². The molecule has 0 atom stereocenters. The summed E-state index contributed by atoms with van der Waals surface area (Å²) in [7, 11) is 3.14. The first-order valence-electron chi connectivity index (χ1n) is 8.06. The van der Waals surface area contributed by atoms with E-state index in [0.717, 1.165) is 10.7 Å². The van der Waals surface area contributed by atoms with Crippen LogP contribution in [-0.2, 0) is 13.1 Å². The van der Waals surface area contributed by atoms with Crippen LogP contribution < -0.4 is 20.1 Å². The zero-order chi connectivity index (χ0) is 19.2. The molecule has 3 aromatic rings. The first kappa shape index (κ1) is 22.1. The second kappa shape index (κ2) is 10.4. The van der Waals surface area contributed by atoms with Crippen LogP contribution >= 0.6 is 35.3 Å². The summed E-state index contributed by atoms with van der Waals surface area (Å²) in [6.45, 7) is -2.19. The van der Waals surface area contributed by atoms with E-state index in [1.165, 1.54) is 13.2 Å². The second-order valence-electron chi connectivity index (χ2n) is 5.46. The van der Waals surface area contributed by atoms with Crippen LogP contribution in [0.5, 0.6) is 11.5 Å². The van der Waals surface area contributed by atoms with Crippen molar-refractivity contribution in [1.29, 1.82) is 0 Å². The van der Waals surface area contributed by atoms with Gasteiger partial charge < -0.3 is 20.1 Å². The fourth-order valence-electron chi connectivity index (χ4n) is 2.47. The summed E-state index contributed by atoms with van der Waals surface area (Å²) in [5.41, 5.74) is 1.40. The number of methoxy groups -OCH3 is 1. The SMILES string of the molecule is CN=C(NCc1cn2ccsc2n1)NCc1cc(OC)ccc1OC(F)F.I. The highest BCUT2D eigenvalue weighted by Crippen LogP contribution is 2.25. The summed E-state index contributed by atoms with van der Waals surface area (Å²) < 4.78 is 36.9. The summed E-state index contributed by atoms with van der Waals surface area (Å²) in [4.78, 5) is 9.53. The van der Waals surface area contributed by atoms with Gasteiger partial charge in [-0.25, -0.2) is 4.98 Å². The Labute approximate surface area is 181 Å². The molecule has 28 heavy (non-hydrogen) atoms. The summed E-state index contributed by atoms with van der Waals surface area (Å²) in [6.07, 6.45) is 3.87. The Morgan fingerprint density at radius 3 is 2.79 bits per heavy atom. The van der Waals surface area contributed by atoms with E-state index in [2.05, 4.69) is 25.3 Å². The van der Waals surface area contributed by atoms with E-state index >= 15 is 0 Å². The molecule has 0 aliphatic carbocycles. The van der Waals surface area contributed by atoms with Gasteiger partial charge in [0.1, 0.15) is 11.5 Å². The van der Waals surface area contributed by atoms with Gasteiger partial charge in [-0.2, -0.15) is 8.78 Å². The van der Waals surface area contributed by atoms with Crippen molar-refractivity contribution in [2.75, 3.05) is 14.2 Å². The normalized spacial score (nSPS) is 11.4. The van der Waals surface area contributed by atoms with Crippen molar-refractivity contribution in [1.82, 2.24) is 20.0 Å². The van der Waals surface area contributed by atoms with Crippen molar-refractivity contribution in [2.45, 2.75) is 19.7 Å². The average molecular weight is 523 g/mol. The lowest BCUT2D eigenvalue weighted by atomic mass is 10.2. The number of thiazole rings is 1. The number of rotatable bonds is 7. The number of hydrogen-bond donors (Lipinski definition) is 2. The largest absolute Gasteiger partial charge is 0.497 e. The predicted molar refractivity (Wildman–Crippen MR) is 115 cm³/mol. The van der Waals surface area contributed by atoms with Gasteiger partial charge in [-0.1, -0.05) is 0 Å². The Morgan fingerprint density at radius 2 is 2.11 bits per heavy atom. The Morgan fingerprint density at radius 1 is 1.32 bits per heavy atom. The lowest BCUT2D eigenvalue weighted by Gasteiger charge is -2.15. The van der Waals surface area contributed by atoms with E-state index in [9.17, 15) is 8.78 Å². The van der Waals surface area contributed by atoms with Gasteiger partial charge in [0.05, 0.1) is 19.3 Å². The van der Waals surface area contributed by atoms with Gasteiger partial charge >= 0.3 is 6.61 Å². The van der Waals surface area contributed by atoms with E-state index in [0.29, 0.717) is 23.8 Å². The molecule has 0 aliphatic rings. The highest BCUT2D eigenvalue weighted by atomic mass is 127. The van der Waals surface area contributed by atoms with Crippen molar-refractivity contribution in [3.63, 3.8) is 0 Å².